The molecule has 1 saturated carbocycles. The number of carbonyl (C=O) groups is 2. The lowest BCUT2D eigenvalue weighted by Crippen LogP contribution is -2.48. The van der Waals surface area contributed by atoms with E-state index in [9.17, 15) is 9.59 Å². The van der Waals surface area contributed by atoms with E-state index in [0.717, 1.165) is 45.1 Å². The van der Waals surface area contributed by atoms with E-state index in [2.05, 4.69) is 0 Å². The fraction of sp³-hybridized carbons (Fsp3) is 0.857. The van der Waals surface area contributed by atoms with Gasteiger partial charge in [-0.25, -0.2) is 0 Å². The van der Waals surface area contributed by atoms with Gasteiger partial charge in [0.15, 0.2) is 0 Å². The molecule has 0 aromatic carbocycles. The van der Waals surface area contributed by atoms with Gasteiger partial charge in [-0.2, -0.15) is 0 Å². The van der Waals surface area contributed by atoms with Crippen molar-refractivity contribution in [1.82, 2.24) is 9.80 Å². The fourth-order valence-corrected chi connectivity index (χ4v) is 3.19. The van der Waals surface area contributed by atoms with Gasteiger partial charge < -0.3 is 15.5 Å². The molecule has 108 valence electrons. The van der Waals surface area contributed by atoms with Crippen LogP contribution < -0.4 is 5.73 Å². The second-order valence-corrected chi connectivity index (χ2v) is 6.03. The number of likely N-dealkylation sites (N-methyl/N-ethyl adjacent to an activating group) is 1. The van der Waals surface area contributed by atoms with Crippen LogP contribution >= 0.6 is 0 Å². The first-order chi connectivity index (χ1) is 9.00. The minimum absolute atomic E-state index is 0.0540. The molecule has 1 aliphatic heterocycles. The van der Waals surface area contributed by atoms with Crippen LogP contribution in [0.25, 0.3) is 0 Å². The minimum Gasteiger partial charge on any atom is -0.347 e. The molecule has 2 amide bonds. The largest absolute Gasteiger partial charge is 0.347 e. The molecule has 0 bridgehead atoms. The Morgan fingerprint density at radius 2 is 1.74 bits per heavy atom. The molecule has 1 saturated heterocycles. The van der Waals surface area contributed by atoms with Crippen molar-refractivity contribution in [3.05, 3.63) is 0 Å². The third-order valence-corrected chi connectivity index (χ3v) is 4.38. The van der Waals surface area contributed by atoms with Crippen molar-refractivity contribution in [3.63, 3.8) is 0 Å². The molecule has 2 N–H and O–H groups in total. The quantitative estimate of drug-likeness (QED) is 0.796. The highest BCUT2D eigenvalue weighted by molar-refractivity contribution is 5.89. The number of nitrogens with zero attached hydrogens (tertiary/aromatic N) is 2. The van der Waals surface area contributed by atoms with Crippen LogP contribution in [0, 0.1) is 5.92 Å². The van der Waals surface area contributed by atoms with Gasteiger partial charge in [-0.1, -0.05) is 0 Å². The monoisotopic (exact) mass is 267 g/mol. The van der Waals surface area contributed by atoms with Crippen molar-refractivity contribution in [2.45, 2.75) is 50.6 Å². The van der Waals surface area contributed by atoms with Gasteiger partial charge >= 0.3 is 0 Å². The number of nitrogens with two attached hydrogens (primary N) is 1. The highest BCUT2D eigenvalue weighted by atomic mass is 16.2. The Bertz CT molecular complexity index is 349. The first-order valence-electron chi connectivity index (χ1n) is 7.28. The van der Waals surface area contributed by atoms with Gasteiger partial charge in [0.2, 0.25) is 11.8 Å². The molecule has 0 spiro atoms. The number of rotatable bonds is 2. The van der Waals surface area contributed by atoms with Crippen LogP contribution in [0.4, 0.5) is 0 Å². The highest BCUT2D eigenvalue weighted by Crippen LogP contribution is 2.28. The standard InChI is InChI=1S/C14H25N3O2/c1-16(2)14(19)12-4-3-9-17(12)13(18)10-5-7-11(15)8-6-10/h10-12H,3-9,15H2,1-2H3. The summed E-state index contributed by atoms with van der Waals surface area (Å²) in [7, 11) is 3.51. The van der Waals surface area contributed by atoms with Crippen molar-refractivity contribution in [2.24, 2.45) is 11.7 Å². The van der Waals surface area contributed by atoms with Crippen molar-refractivity contribution in [1.29, 1.82) is 0 Å². The van der Waals surface area contributed by atoms with Gasteiger partial charge in [0, 0.05) is 32.6 Å². The van der Waals surface area contributed by atoms with Crippen LogP contribution in [0.2, 0.25) is 0 Å². The predicted molar refractivity (Wildman–Crippen MR) is 73.4 cm³/mol. The summed E-state index contributed by atoms with van der Waals surface area (Å²) in [5.74, 6) is 0.304. The third-order valence-electron chi connectivity index (χ3n) is 4.38. The number of hydrogen-bond acceptors (Lipinski definition) is 3. The Morgan fingerprint density at radius 3 is 2.32 bits per heavy atom. The minimum atomic E-state index is -0.238. The molecular formula is C14H25N3O2. The second-order valence-electron chi connectivity index (χ2n) is 6.03. The molecule has 2 aliphatic rings. The summed E-state index contributed by atoms with van der Waals surface area (Å²) in [6, 6.07) is 0.0138. The molecular weight excluding hydrogens is 242 g/mol. The Kier molecular flexibility index (Phi) is 4.45. The van der Waals surface area contributed by atoms with E-state index in [0.29, 0.717) is 0 Å². The van der Waals surface area contributed by atoms with Crippen LogP contribution in [0.15, 0.2) is 0 Å². The van der Waals surface area contributed by atoms with Gasteiger partial charge in [-0.15, -0.1) is 0 Å². The first kappa shape index (κ1) is 14.3. The summed E-state index contributed by atoms with van der Waals surface area (Å²) >= 11 is 0. The van der Waals surface area contributed by atoms with E-state index < -0.39 is 0 Å². The van der Waals surface area contributed by atoms with Crippen molar-refractivity contribution in [2.75, 3.05) is 20.6 Å². The third kappa shape index (κ3) is 3.08. The van der Waals surface area contributed by atoms with Crippen LogP contribution in [-0.2, 0) is 9.59 Å². The molecule has 1 atom stereocenters. The van der Waals surface area contributed by atoms with Gasteiger partial charge in [-0.3, -0.25) is 9.59 Å². The van der Waals surface area contributed by atoms with E-state index in [1.165, 1.54) is 0 Å². The SMILES string of the molecule is CN(C)C(=O)C1CCCN1C(=O)C1CCC(N)CC1. The van der Waals surface area contributed by atoms with Crippen LogP contribution in [0.1, 0.15) is 38.5 Å². The Morgan fingerprint density at radius 1 is 1.11 bits per heavy atom. The summed E-state index contributed by atoms with van der Waals surface area (Å²) in [5, 5.41) is 0. The zero-order valence-electron chi connectivity index (χ0n) is 12.0. The highest BCUT2D eigenvalue weighted by Gasteiger charge is 2.38. The molecule has 5 heteroatoms. The molecule has 2 fully saturated rings. The molecule has 0 aromatic heterocycles. The first-order valence-corrected chi connectivity index (χ1v) is 7.28. The maximum absolute atomic E-state index is 12.6. The fourth-order valence-electron chi connectivity index (χ4n) is 3.19. The number of likely N-dealkylation sites (tertiary alicyclic amines) is 1. The molecule has 2 rings (SSSR count). The Balaban J connectivity index is 1.99. The average molecular weight is 267 g/mol. The van der Waals surface area contributed by atoms with E-state index >= 15 is 0 Å². The lowest BCUT2D eigenvalue weighted by atomic mass is 9.85. The molecule has 1 aliphatic carbocycles. The van der Waals surface area contributed by atoms with Gasteiger partial charge in [0.1, 0.15) is 6.04 Å². The van der Waals surface area contributed by atoms with Crippen molar-refractivity contribution >= 4 is 11.8 Å². The smallest absolute Gasteiger partial charge is 0.244 e. The summed E-state index contributed by atoms with van der Waals surface area (Å²) < 4.78 is 0. The molecule has 5 nitrogen and oxygen atoms in total. The maximum atomic E-state index is 12.6. The Hall–Kier alpha value is -1.10. The van der Waals surface area contributed by atoms with Gasteiger partial charge in [0.25, 0.3) is 0 Å². The van der Waals surface area contributed by atoms with Gasteiger partial charge in [0.05, 0.1) is 0 Å². The molecule has 1 unspecified atom stereocenters. The second kappa shape index (κ2) is 5.90. The normalized spacial score (nSPS) is 31.3. The number of carbonyl (C=O) groups excluding carboxylic acids is 2. The molecule has 0 radical (unpaired) electrons. The summed E-state index contributed by atoms with van der Waals surface area (Å²) in [5.41, 5.74) is 5.88. The molecule has 0 aromatic rings. The zero-order valence-corrected chi connectivity index (χ0v) is 12.0. The van der Waals surface area contributed by atoms with E-state index in [1.807, 2.05) is 4.90 Å². The number of hydrogen-bond donors (Lipinski definition) is 1. The summed E-state index contributed by atoms with van der Waals surface area (Å²) in [4.78, 5) is 28.1. The Labute approximate surface area is 115 Å². The lowest BCUT2D eigenvalue weighted by Gasteiger charge is -2.32. The summed E-state index contributed by atoms with van der Waals surface area (Å²) in [6.45, 7) is 0.728. The predicted octanol–water partition coefficient (Wildman–Crippen LogP) is 0.583. The van der Waals surface area contributed by atoms with Crippen LogP contribution in [0.3, 0.4) is 0 Å². The van der Waals surface area contributed by atoms with Crippen molar-refractivity contribution < 1.29 is 9.59 Å². The van der Waals surface area contributed by atoms with E-state index in [1.54, 1.807) is 19.0 Å². The van der Waals surface area contributed by atoms with Gasteiger partial charge in [-0.05, 0) is 38.5 Å². The van der Waals surface area contributed by atoms with E-state index in [-0.39, 0.29) is 29.8 Å². The van der Waals surface area contributed by atoms with Crippen LogP contribution in [-0.4, -0.2) is 54.3 Å². The topological polar surface area (TPSA) is 66.6 Å². The van der Waals surface area contributed by atoms with E-state index in [4.69, 9.17) is 5.73 Å². The zero-order chi connectivity index (χ0) is 14.0. The molecule has 1 heterocycles. The maximum Gasteiger partial charge on any atom is 0.244 e. The van der Waals surface area contributed by atoms with Crippen molar-refractivity contribution in [3.8, 4) is 0 Å². The molecule has 19 heavy (non-hydrogen) atoms. The lowest BCUT2D eigenvalue weighted by molar-refractivity contribution is -0.145. The summed E-state index contributed by atoms with van der Waals surface area (Å²) in [6.07, 6.45) is 5.34. The van der Waals surface area contributed by atoms with Crippen LogP contribution in [0.5, 0.6) is 0 Å². The average Bonchev–Trinajstić information content (AvgIpc) is 2.86. The number of amides is 2.